The van der Waals surface area contributed by atoms with Gasteiger partial charge in [0.15, 0.2) is 5.78 Å². The van der Waals surface area contributed by atoms with Gasteiger partial charge in [-0.15, -0.1) is 0 Å². The molecule has 0 saturated carbocycles. The minimum absolute atomic E-state index is 0.132. The predicted octanol–water partition coefficient (Wildman–Crippen LogP) is 2.51. The standard InChI is InChI=1S/C10H11BrFNO/c11-7-3-4-9(12)8(6-7)10(14)2-1-5-13/h3-4,6H,1-2,5,13H2. The quantitative estimate of drug-likeness (QED) is 0.845. The molecule has 1 aromatic carbocycles. The Morgan fingerprint density at radius 3 is 2.86 bits per heavy atom. The molecule has 1 rings (SSSR count). The third-order valence-corrected chi connectivity index (χ3v) is 2.33. The zero-order valence-electron chi connectivity index (χ0n) is 7.59. The van der Waals surface area contributed by atoms with E-state index in [4.69, 9.17) is 5.73 Å². The van der Waals surface area contributed by atoms with Crippen molar-refractivity contribution in [3.8, 4) is 0 Å². The van der Waals surface area contributed by atoms with Crippen LogP contribution < -0.4 is 5.73 Å². The van der Waals surface area contributed by atoms with Crippen molar-refractivity contribution in [2.75, 3.05) is 6.54 Å². The number of carbonyl (C=O) groups excluding carboxylic acids is 1. The number of halogens is 2. The summed E-state index contributed by atoms with van der Waals surface area (Å²) in [6, 6.07) is 4.34. The van der Waals surface area contributed by atoms with Gasteiger partial charge in [-0.2, -0.15) is 0 Å². The van der Waals surface area contributed by atoms with E-state index >= 15 is 0 Å². The lowest BCUT2D eigenvalue weighted by Crippen LogP contribution is -2.06. The Labute approximate surface area is 90.4 Å². The lowest BCUT2D eigenvalue weighted by molar-refractivity contribution is 0.0977. The van der Waals surface area contributed by atoms with Crippen molar-refractivity contribution in [2.45, 2.75) is 12.8 Å². The largest absolute Gasteiger partial charge is 0.330 e. The Morgan fingerprint density at radius 2 is 2.21 bits per heavy atom. The molecule has 14 heavy (non-hydrogen) atoms. The van der Waals surface area contributed by atoms with Crippen molar-refractivity contribution in [3.05, 3.63) is 34.1 Å². The second-order valence-corrected chi connectivity index (χ2v) is 3.86. The lowest BCUT2D eigenvalue weighted by atomic mass is 10.1. The molecule has 2 N–H and O–H groups in total. The van der Waals surface area contributed by atoms with Gasteiger partial charge in [-0.05, 0) is 31.2 Å². The van der Waals surface area contributed by atoms with Gasteiger partial charge in [0.05, 0.1) is 5.56 Å². The van der Waals surface area contributed by atoms with E-state index in [0.717, 1.165) is 0 Å². The number of carbonyl (C=O) groups is 1. The summed E-state index contributed by atoms with van der Waals surface area (Å²) in [6.07, 6.45) is 0.884. The Kier molecular flexibility index (Phi) is 4.22. The molecular formula is C10H11BrFNO. The fourth-order valence-corrected chi connectivity index (χ4v) is 1.47. The van der Waals surface area contributed by atoms with Gasteiger partial charge in [0.2, 0.25) is 0 Å². The summed E-state index contributed by atoms with van der Waals surface area (Å²) in [5.41, 5.74) is 5.40. The Bertz CT molecular complexity index is 341. The van der Waals surface area contributed by atoms with Crippen molar-refractivity contribution < 1.29 is 9.18 Å². The molecule has 0 aliphatic heterocycles. The van der Waals surface area contributed by atoms with Crippen molar-refractivity contribution in [1.29, 1.82) is 0 Å². The van der Waals surface area contributed by atoms with Crippen molar-refractivity contribution in [3.63, 3.8) is 0 Å². The number of Topliss-reactive ketones (excluding diaryl/α,β-unsaturated/α-hetero) is 1. The Morgan fingerprint density at radius 1 is 1.50 bits per heavy atom. The van der Waals surface area contributed by atoms with Crippen LogP contribution in [0.25, 0.3) is 0 Å². The highest BCUT2D eigenvalue weighted by Gasteiger charge is 2.11. The molecule has 0 spiro atoms. The molecule has 0 aliphatic carbocycles. The van der Waals surface area contributed by atoms with Crippen LogP contribution in [0.3, 0.4) is 0 Å². The number of nitrogens with two attached hydrogens (primary N) is 1. The van der Waals surface area contributed by atoms with Crippen LogP contribution in [-0.4, -0.2) is 12.3 Å². The van der Waals surface area contributed by atoms with E-state index in [2.05, 4.69) is 15.9 Å². The molecule has 1 aromatic rings. The second-order valence-electron chi connectivity index (χ2n) is 2.94. The molecule has 0 bridgehead atoms. The average molecular weight is 260 g/mol. The number of hydrogen-bond donors (Lipinski definition) is 1. The summed E-state index contributed by atoms with van der Waals surface area (Å²) in [5.74, 6) is -0.676. The lowest BCUT2D eigenvalue weighted by Gasteiger charge is -2.02. The first-order valence-electron chi connectivity index (χ1n) is 4.33. The zero-order valence-corrected chi connectivity index (χ0v) is 9.18. The highest BCUT2D eigenvalue weighted by molar-refractivity contribution is 9.10. The van der Waals surface area contributed by atoms with Crippen LogP contribution in [0.1, 0.15) is 23.2 Å². The fourth-order valence-electron chi connectivity index (χ4n) is 1.11. The molecule has 4 heteroatoms. The normalized spacial score (nSPS) is 10.2. The van der Waals surface area contributed by atoms with E-state index in [1.165, 1.54) is 12.1 Å². The summed E-state index contributed by atoms with van der Waals surface area (Å²) in [6.45, 7) is 0.446. The van der Waals surface area contributed by atoms with Gasteiger partial charge in [-0.25, -0.2) is 4.39 Å². The molecule has 2 nitrogen and oxygen atoms in total. The molecule has 0 aliphatic rings. The van der Waals surface area contributed by atoms with E-state index in [1.54, 1.807) is 6.07 Å². The smallest absolute Gasteiger partial charge is 0.165 e. The summed E-state index contributed by atoms with van der Waals surface area (Å²) in [7, 11) is 0. The van der Waals surface area contributed by atoms with Gasteiger partial charge in [0.25, 0.3) is 0 Å². The topological polar surface area (TPSA) is 43.1 Å². The molecule has 0 fully saturated rings. The van der Waals surface area contributed by atoms with Gasteiger partial charge in [0.1, 0.15) is 5.82 Å². The first-order chi connectivity index (χ1) is 6.65. The summed E-state index contributed by atoms with van der Waals surface area (Å²) in [5, 5.41) is 0. The fraction of sp³-hybridized carbons (Fsp3) is 0.300. The molecule has 0 saturated heterocycles. The molecular weight excluding hydrogens is 249 g/mol. The maximum absolute atomic E-state index is 13.2. The third kappa shape index (κ3) is 2.89. The number of rotatable bonds is 4. The maximum atomic E-state index is 13.2. The van der Waals surface area contributed by atoms with Crippen LogP contribution in [0.15, 0.2) is 22.7 Å². The summed E-state index contributed by atoms with van der Waals surface area (Å²) >= 11 is 3.19. The van der Waals surface area contributed by atoms with E-state index in [9.17, 15) is 9.18 Å². The monoisotopic (exact) mass is 259 g/mol. The number of ketones is 1. The molecule has 0 heterocycles. The molecule has 76 valence electrons. The first kappa shape index (κ1) is 11.3. The van der Waals surface area contributed by atoms with Crippen LogP contribution in [0.5, 0.6) is 0 Å². The Balaban J connectivity index is 2.83. The molecule has 0 radical (unpaired) electrons. The van der Waals surface area contributed by atoms with Gasteiger partial charge in [-0.1, -0.05) is 15.9 Å². The molecule has 0 aromatic heterocycles. The second kappa shape index (κ2) is 5.22. The van der Waals surface area contributed by atoms with Crippen LogP contribution in [0.4, 0.5) is 4.39 Å². The van der Waals surface area contributed by atoms with E-state index in [0.29, 0.717) is 23.9 Å². The number of hydrogen-bond acceptors (Lipinski definition) is 2. The van der Waals surface area contributed by atoms with Gasteiger partial charge < -0.3 is 5.73 Å². The number of benzene rings is 1. The van der Waals surface area contributed by atoms with E-state index in [1.807, 2.05) is 0 Å². The summed E-state index contributed by atoms with van der Waals surface area (Å²) < 4.78 is 13.9. The summed E-state index contributed by atoms with van der Waals surface area (Å²) in [4.78, 5) is 11.5. The SMILES string of the molecule is NCCCC(=O)c1cc(Br)ccc1F. The Hall–Kier alpha value is -0.740. The maximum Gasteiger partial charge on any atom is 0.165 e. The van der Waals surface area contributed by atoms with Crippen molar-refractivity contribution >= 4 is 21.7 Å². The molecule has 0 atom stereocenters. The molecule has 0 unspecified atom stereocenters. The van der Waals surface area contributed by atoms with Crippen LogP contribution in [0, 0.1) is 5.82 Å². The van der Waals surface area contributed by atoms with Crippen molar-refractivity contribution in [1.82, 2.24) is 0 Å². The first-order valence-corrected chi connectivity index (χ1v) is 5.12. The minimum atomic E-state index is -0.477. The zero-order chi connectivity index (χ0) is 10.6. The van der Waals surface area contributed by atoms with Gasteiger partial charge in [-0.3, -0.25) is 4.79 Å². The van der Waals surface area contributed by atoms with E-state index < -0.39 is 5.82 Å². The van der Waals surface area contributed by atoms with Crippen molar-refractivity contribution in [2.24, 2.45) is 5.73 Å². The van der Waals surface area contributed by atoms with Crippen LogP contribution in [0.2, 0.25) is 0 Å². The van der Waals surface area contributed by atoms with E-state index in [-0.39, 0.29) is 11.3 Å². The molecule has 0 amide bonds. The highest BCUT2D eigenvalue weighted by atomic mass is 79.9. The van der Waals surface area contributed by atoms with Crippen LogP contribution >= 0.6 is 15.9 Å². The predicted molar refractivity (Wildman–Crippen MR) is 56.7 cm³/mol. The minimum Gasteiger partial charge on any atom is -0.330 e. The van der Waals surface area contributed by atoms with Crippen LogP contribution in [-0.2, 0) is 0 Å². The van der Waals surface area contributed by atoms with Gasteiger partial charge >= 0.3 is 0 Å². The highest BCUT2D eigenvalue weighted by Crippen LogP contribution is 2.17. The van der Waals surface area contributed by atoms with Gasteiger partial charge in [0, 0.05) is 10.9 Å². The third-order valence-electron chi connectivity index (χ3n) is 1.84. The average Bonchev–Trinajstić information content (AvgIpc) is 2.18.